The summed E-state index contributed by atoms with van der Waals surface area (Å²) in [4.78, 5) is 27.9. The van der Waals surface area contributed by atoms with Crippen molar-refractivity contribution in [1.82, 2.24) is 0 Å². The molecule has 0 saturated carbocycles. The molecule has 9 aromatic rings. The maximum Gasteiger partial charge on any atom is 0.204 e. The van der Waals surface area contributed by atoms with Gasteiger partial charge in [-0.15, -0.1) is 0 Å². The summed E-state index contributed by atoms with van der Waals surface area (Å²) in [6, 6.07) is 51.6. The Morgan fingerprint density at radius 1 is 0.312 bits per heavy atom. The Balaban J connectivity index is 1.15. The largest absolute Gasteiger partial charge is 0.456 e. The molecule has 0 aliphatic heterocycles. The molecule has 0 amide bonds. The standard InChI is InChI=1S/C44H26O4/c45-42-36-20-22-39-41(43(46)35-19-17-34(26-40(35)47-39)32-16-8-14-30(24-32)28-11-5-2-6-12-28)44(36)48-38-21-18-33(25-37(38)42)31-15-7-13-29(23-31)27-9-3-1-4-10-27/h1-26H. The van der Waals surface area contributed by atoms with Crippen LogP contribution in [0.15, 0.2) is 176 Å². The summed E-state index contributed by atoms with van der Waals surface area (Å²) in [5, 5.41) is 1.48. The summed E-state index contributed by atoms with van der Waals surface area (Å²) in [5.74, 6) is 0. The van der Waals surface area contributed by atoms with Crippen molar-refractivity contribution in [3.8, 4) is 44.5 Å². The normalized spacial score (nSPS) is 11.5. The minimum absolute atomic E-state index is 0.192. The quantitative estimate of drug-likeness (QED) is 0.145. The molecule has 9 rings (SSSR count). The van der Waals surface area contributed by atoms with E-state index < -0.39 is 0 Å². The van der Waals surface area contributed by atoms with E-state index in [0.29, 0.717) is 32.9 Å². The van der Waals surface area contributed by atoms with Gasteiger partial charge in [-0.2, -0.15) is 0 Å². The Hall–Kier alpha value is -6.52. The maximum absolute atomic E-state index is 14.0. The average Bonchev–Trinajstić information content (AvgIpc) is 3.15. The Labute approximate surface area is 274 Å². The van der Waals surface area contributed by atoms with Crippen LogP contribution in [0.1, 0.15) is 0 Å². The van der Waals surface area contributed by atoms with Crippen molar-refractivity contribution < 1.29 is 8.83 Å². The highest BCUT2D eigenvalue weighted by molar-refractivity contribution is 6.07. The Morgan fingerprint density at radius 3 is 1.46 bits per heavy atom. The molecule has 48 heavy (non-hydrogen) atoms. The van der Waals surface area contributed by atoms with Crippen LogP contribution in [0.3, 0.4) is 0 Å². The monoisotopic (exact) mass is 618 g/mol. The van der Waals surface area contributed by atoms with Crippen molar-refractivity contribution in [3.05, 3.63) is 178 Å². The fourth-order valence-corrected chi connectivity index (χ4v) is 6.63. The second-order valence-electron chi connectivity index (χ2n) is 12.0. The van der Waals surface area contributed by atoms with Gasteiger partial charge in [0.1, 0.15) is 22.1 Å². The van der Waals surface area contributed by atoms with Crippen LogP contribution in [0.25, 0.3) is 88.4 Å². The van der Waals surface area contributed by atoms with Gasteiger partial charge in [0.2, 0.25) is 10.9 Å². The zero-order chi connectivity index (χ0) is 32.2. The molecule has 4 nitrogen and oxygen atoms in total. The predicted octanol–water partition coefficient (Wildman–Crippen LogP) is 10.9. The third kappa shape index (κ3) is 4.62. The van der Waals surface area contributed by atoms with Gasteiger partial charge in [0, 0.05) is 0 Å². The zero-order valence-electron chi connectivity index (χ0n) is 25.6. The molecule has 0 spiro atoms. The maximum atomic E-state index is 14.0. The molecule has 4 heteroatoms. The molecule has 0 N–H and O–H groups in total. The molecular formula is C44H26O4. The predicted molar refractivity (Wildman–Crippen MR) is 195 cm³/mol. The molecule has 0 aliphatic rings. The lowest BCUT2D eigenvalue weighted by Crippen LogP contribution is -2.07. The first kappa shape index (κ1) is 27.8. The zero-order valence-corrected chi connectivity index (χ0v) is 25.6. The lowest BCUT2D eigenvalue weighted by atomic mass is 9.97. The van der Waals surface area contributed by atoms with Crippen LogP contribution in [0, 0.1) is 0 Å². The van der Waals surface area contributed by atoms with Gasteiger partial charge in [-0.25, -0.2) is 0 Å². The summed E-state index contributed by atoms with van der Waals surface area (Å²) >= 11 is 0. The average molecular weight is 619 g/mol. The minimum atomic E-state index is -0.238. The number of rotatable bonds is 4. The Morgan fingerprint density at radius 2 is 0.812 bits per heavy atom. The lowest BCUT2D eigenvalue weighted by Gasteiger charge is -2.10. The fraction of sp³-hybridized carbons (Fsp3) is 0. The smallest absolute Gasteiger partial charge is 0.204 e. The number of hydrogen-bond acceptors (Lipinski definition) is 4. The van der Waals surface area contributed by atoms with Gasteiger partial charge in [0.25, 0.3) is 0 Å². The van der Waals surface area contributed by atoms with E-state index in [1.807, 2.05) is 84.9 Å². The first-order valence-corrected chi connectivity index (χ1v) is 15.8. The van der Waals surface area contributed by atoms with E-state index in [-0.39, 0.29) is 21.8 Å². The first-order valence-electron chi connectivity index (χ1n) is 15.8. The lowest BCUT2D eigenvalue weighted by molar-refractivity contribution is 0.649. The van der Waals surface area contributed by atoms with Gasteiger partial charge in [0.05, 0.1) is 16.2 Å². The van der Waals surface area contributed by atoms with Gasteiger partial charge in [-0.05, 0) is 93.0 Å². The topological polar surface area (TPSA) is 60.4 Å². The van der Waals surface area contributed by atoms with Crippen LogP contribution < -0.4 is 10.9 Å². The molecule has 226 valence electrons. The van der Waals surface area contributed by atoms with Crippen LogP contribution in [0.5, 0.6) is 0 Å². The van der Waals surface area contributed by atoms with E-state index in [1.165, 1.54) is 0 Å². The van der Waals surface area contributed by atoms with Crippen molar-refractivity contribution in [3.63, 3.8) is 0 Å². The van der Waals surface area contributed by atoms with Crippen LogP contribution in [-0.4, -0.2) is 0 Å². The molecule has 0 aliphatic carbocycles. The summed E-state index contributed by atoms with van der Waals surface area (Å²) < 4.78 is 12.7. The molecule has 7 aromatic carbocycles. The molecular weight excluding hydrogens is 592 g/mol. The SMILES string of the molecule is O=c1c2cc(-c3cccc(-c4ccccc4)c3)ccc2oc2c1ccc1oc3cc(-c4cccc(-c5ccccc5)c4)ccc3c(=O)c12. The van der Waals surface area contributed by atoms with Gasteiger partial charge >= 0.3 is 0 Å². The summed E-state index contributed by atoms with van der Waals surface area (Å²) in [6.45, 7) is 0. The molecule has 0 bridgehead atoms. The van der Waals surface area contributed by atoms with Gasteiger partial charge in [-0.1, -0.05) is 109 Å². The number of hydrogen-bond donors (Lipinski definition) is 0. The van der Waals surface area contributed by atoms with E-state index in [1.54, 1.807) is 24.3 Å². The van der Waals surface area contributed by atoms with Crippen molar-refractivity contribution in [2.45, 2.75) is 0 Å². The second-order valence-corrected chi connectivity index (χ2v) is 12.0. The molecule has 0 unspecified atom stereocenters. The van der Waals surface area contributed by atoms with Gasteiger partial charge in [0.15, 0.2) is 5.58 Å². The number of fused-ring (bicyclic) bond motifs is 5. The molecule has 0 atom stereocenters. The second kappa shape index (κ2) is 11.1. The Bertz CT molecular complexity index is 2810. The van der Waals surface area contributed by atoms with Crippen LogP contribution in [-0.2, 0) is 0 Å². The van der Waals surface area contributed by atoms with E-state index >= 15 is 0 Å². The van der Waals surface area contributed by atoms with Crippen molar-refractivity contribution in [1.29, 1.82) is 0 Å². The van der Waals surface area contributed by atoms with E-state index in [9.17, 15) is 9.59 Å². The molecule has 0 radical (unpaired) electrons. The van der Waals surface area contributed by atoms with Crippen molar-refractivity contribution in [2.24, 2.45) is 0 Å². The third-order valence-electron chi connectivity index (χ3n) is 9.08. The molecule has 0 fully saturated rings. The van der Waals surface area contributed by atoms with Crippen LogP contribution >= 0.6 is 0 Å². The highest BCUT2D eigenvalue weighted by Gasteiger charge is 2.18. The number of benzene rings is 7. The third-order valence-corrected chi connectivity index (χ3v) is 9.08. The first-order chi connectivity index (χ1) is 23.6. The summed E-state index contributed by atoms with van der Waals surface area (Å²) in [5.41, 5.74) is 9.37. The summed E-state index contributed by atoms with van der Waals surface area (Å²) in [6.07, 6.45) is 0. The van der Waals surface area contributed by atoms with Crippen molar-refractivity contribution >= 4 is 43.9 Å². The van der Waals surface area contributed by atoms with Crippen LogP contribution in [0.2, 0.25) is 0 Å². The summed E-state index contributed by atoms with van der Waals surface area (Å²) in [7, 11) is 0. The van der Waals surface area contributed by atoms with E-state index in [4.69, 9.17) is 8.83 Å². The minimum Gasteiger partial charge on any atom is -0.456 e. The molecule has 2 heterocycles. The Kier molecular flexibility index (Phi) is 6.41. The van der Waals surface area contributed by atoms with E-state index in [2.05, 4.69) is 48.5 Å². The van der Waals surface area contributed by atoms with Gasteiger partial charge in [-0.3, -0.25) is 9.59 Å². The highest BCUT2D eigenvalue weighted by atomic mass is 16.3. The highest BCUT2D eigenvalue weighted by Crippen LogP contribution is 2.33. The van der Waals surface area contributed by atoms with Crippen molar-refractivity contribution in [2.75, 3.05) is 0 Å². The van der Waals surface area contributed by atoms with Gasteiger partial charge < -0.3 is 8.83 Å². The fourth-order valence-electron chi connectivity index (χ4n) is 6.63. The molecule has 0 saturated heterocycles. The molecule has 2 aromatic heterocycles. The van der Waals surface area contributed by atoms with E-state index in [0.717, 1.165) is 44.5 Å². The van der Waals surface area contributed by atoms with Crippen LogP contribution in [0.4, 0.5) is 0 Å².